The number of hydrogen-bond donors (Lipinski definition) is 2. The monoisotopic (exact) mass is 446 g/mol. The van der Waals surface area contributed by atoms with Crippen LogP contribution in [0.2, 0.25) is 0 Å². The number of amides is 1. The zero-order chi connectivity index (χ0) is 22.5. The summed E-state index contributed by atoms with van der Waals surface area (Å²) in [7, 11) is 0. The van der Waals surface area contributed by atoms with E-state index in [9.17, 15) is 13.6 Å². The molecule has 0 spiro atoms. The Hall–Kier alpha value is -2.78. The molecule has 1 unspecified atom stereocenters. The lowest BCUT2D eigenvalue weighted by molar-refractivity contribution is -0.0270. The number of aromatic amines is 1. The Morgan fingerprint density at radius 2 is 2.03 bits per heavy atom. The normalized spacial score (nSPS) is 21.6. The van der Waals surface area contributed by atoms with Crippen molar-refractivity contribution in [1.29, 1.82) is 0 Å². The summed E-state index contributed by atoms with van der Waals surface area (Å²) in [5.74, 6) is -1.73. The fourth-order valence-electron chi connectivity index (χ4n) is 4.07. The second-order valence-electron chi connectivity index (χ2n) is 9.72. The second kappa shape index (κ2) is 7.67. The summed E-state index contributed by atoms with van der Waals surface area (Å²) < 4.78 is 32.6. The van der Waals surface area contributed by atoms with Crippen LogP contribution in [0.4, 0.5) is 14.6 Å². The third kappa shape index (κ3) is 4.54. The number of hydrogen-bond acceptors (Lipinski definition) is 6. The molecule has 2 aromatic rings. The van der Waals surface area contributed by atoms with Crippen LogP contribution in [0.3, 0.4) is 0 Å². The van der Waals surface area contributed by atoms with Gasteiger partial charge in [0, 0.05) is 5.69 Å². The van der Waals surface area contributed by atoms with Crippen molar-refractivity contribution in [1.82, 2.24) is 25.5 Å². The number of rotatable bonds is 9. The molecule has 2 saturated carbocycles. The predicted molar refractivity (Wildman–Crippen MR) is 113 cm³/mol. The Morgan fingerprint density at radius 3 is 2.62 bits per heavy atom. The summed E-state index contributed by atoms with van der Waals surface area (Å²) in [4.78, 5) is 23.3. The van der Waals surface area contributed by atoms with Crippen molar-refractivity contribution in [3.8, 4) is 5.88 Å². The molecule has 3 heterocycles. The van der Waals surface area contributed by atoms with Crippen LogP contribution < -0.4 is 15.0 Å². The lowest BCUT2D eigenvalue weighted by Crippen LogP contribution is -2.56. The Morgan fingerprint density at radius 1 is 1.31 bits per heavy atom. The van der Waals surface area contributed by atoms with Crippen LogP contribution in [0, 0.1) is 18.8 Å². The molecule has 1 amide bonds. The van der Waals surface area contributed by atoms with Crippen molar-refractivity contribution in [3.63, 3.8) is 0 Å². The van der Waals surface area contributed by atoms with Crippen molar-refractivity contribution in [2.24, 2.45) is 11.8 Å². The molecule has 0 bridgehead atoms. The number of nitrogens with zero attached hydrogens (tertiary/aromatic N) is 4. The van der Waals surface area contributed by atoms with Gasteiger partial charge in [-0.15, -0.1) is 0 Å². The van der Waals surface area contributed by atoms with Gasteiger partial charge in [-0.1, -0.05) is 12.8 Å². The smallest absolute Gasteiger partial charge is 0.282 e. The summed E-state index contributed by atoms with van der Waals surface area (Å²) in [6, 6.07) is 1.94. The molecule has 5 rings (SSSR count). The number of halogens is 2. The highest BCUT2D eigenvalue weighted by Gasteiger charge is 2.46. The van der Waals surface area contributed by atoms with Gasteiger partial charge < -0.3 is 15.0 Å². The highest BCUT2D eigenvalue weighted by molar-refractivity contribution is 5.93. The van der Waals surface area contributed by atoms with E-state index in [1.54, 1.807) is 0 Å². The number of alkyl halides is 2. The van der Waals surface area contributed by atoms with E-state index in [0.717, 1.165) is 43.5 Å². The Kier molecular flexibility index (Phi) is 5.05. The van der Waals surface area contributed by atoms with Crippen LogP contribution >= 0.6 is 0 Å². The Balaban J connectivity index is 1.37. The quantitative estimate of drug-likeness (QED) is 0.614. The fraction of sp³-hybridized carbons (Fsp3) is 0.636. The first-order chi connectivity index (χ1) is 15.2. The summed E-state index contributed by atoms with van der Waals surface area (Å²) in [5.41, 5.74) is 1.13. The lowest BCUT2D eigenvalue weighted by atomic mass is 9.90. The lowest BCUT2D eigenvalue weighted by Gasteiger charge is -2.39. The van der Waals surface area contributed by atoms with E-state index in [4.69, 9.17) is 4.74 Å². The minimum atomic E-state index is -2.74. The summed E-state index contributed by atoms with van der Waals surface area (Å²) in [6.07, 6.45) is 6.55. The van der Waals surface area contributed by atoms with E-state index in [-0.39, 0.29) is 17.4 Å². The van der Waals surface area contributed by atoms with Crippen LogP contribution in [-0.4, -0.2) is 51.7 Å². The maximum absolute atomic E-state index is 13.4. The number of carbonyl (C=O) groups excluding carboxylic acids is 1. The second-order valence-corrected chi connectivity index (χ2v) is 9.72. The number of H-pyrrole nitrogens is 1. The van der Waals surface area contributed by atoms with E-state index in [0.29, 0.717) is 18.4 Å². The molecule has 2 N–H and O–H groups in total. The van der Waals surface area contributed by atoms with Crippen molar-refractivity contribution in [2.75, 3.05) is 24.6 Å². The summed E-state index contributed by atoms with van der Waals surface area (Å²) >= 11 is 0. The third-order valence-corrected chi connectivity index (χ3v) is 6.31. The SMILES string of the molecule is Cc1cc(C(C)(CC2CC2)NC(=O)c2cnc(N3CC(F)(F)C3)c(OCC3CC3)n2)n[nH]1. The largest absolute Gasteiger partial charge is 0.475 e. The average Bonchev–Trinajstić information content (AvgIpc) is 3.65. The fourth-order valence-corrected chi connectivity index (χ4v) is 4.07. The molecule has 0 aromatic carbocycles. The Labute approximate surface area is 185 Å². The van der Waals surface area contributed by atoms with E-state index in [1.807, 2.05) is 19.9 Å². The van der Waals surface area contributed by atoms with Crippen LogP contribution in [0.25, 0.3) is 0 Å². The van der Waals surface area contributed by atoms with Crippen LogP contribution in [0.15, 0.2) is 12.3 Å². The van der Waals surface area contributed by atoms with Gasteiger partial charge in [0.25, 0.3) is 17.7 Å². The van der Waals surface area contributed by atoms with Gasteiger partial charge in [0.1, 0.15) is 0 Å². The number of nitrogens with one attached hydrogen (secondary N) is 2. The van der Waals surface area contributed by atoms with Gasteiger partial charge >= 0.3 is 0 Å². The highest BCUT2D eigenvalue weighted by Crippen LogP contribution is 2.41. The summed E-state index contributed by atoms with van der Waals surface area (Å²) in [5, 5.41) is 10.4. The topological polar surface area (TPSA) is 96.0 Å². The molecule has 2 aromatic heterocycles. The average molecular weight is 447 g/mol. The molecule has 1 aliphatic heterocycles. The van der Waals surface area contributed by atoms with Crippen molar-refractivity contribution in [2.45, 2.75) is 57.4 Å². The van der Waals surface area contributed by atoms with Crippen LogP contribution in [-0.2, 0) is 5.54 Å². The van der Waals surface area contributed by atoms with Gasteiger partial charge in [-0.05, 0) is 51.0 Å². The maximum atomic E-state index is 13.4. The zero-order valence-electron chi connectivity index (χ0n) is 18.3. The van der Waals surface area contributed by atoms with E-state index in [2.05, 4.69) is 25.5 Å². The number of anilines is 1. The van der Waals surface area contributed by atoms with Gasteiger partial charge in [-0.2, -0.15) is 5.10 Å². The number of ether oxygens (including phenoxy) is 1. The van der Waals surface area contributed by atoms with Crippen molar-refractivity contribution >= 4 is 11.7 Å². The van der Waals surface area contributed by atoms with Gasteiger partial charge in [0.05, 0.1) is 37.1 Å². The number of aryl methyl sites for hydroxylation is 1. The molecule has 3 aliphatic rings. The molecule has 8 nitrogen and oxygen atoms in total. The van der Waals surface area contributed by atoms with Crippen molar-refractivity contribution < 1.29 is 18.3 Å². The van der Waals surface area contributed by atoms with E-state index in [1.165, 1.54) is 11.1 Å². The molecule has 10 heteroatoms. The molecule has 2 aliphatic carbocycles. The van der Waals surface area contributed by atoms with Gasteiger partial charge in [-0.3, -0.25) is 9.89 Å². The zero-order valence-corrected chi connectivity index (χ0v) is 18.3. The predicted octanol–water partition coefficient (Wildman–Crippen LogP) is 3.20. The third-order valence-electron chi connectivity index (χ3n) is 6.31. The first-order valence-corrected chi connectivity index (χ1v) is 11.2. The standard InChI is InChI=1S/C22H28F2N6O2/c1-13-7-17(29-28-13)21(2,8-14-3-4-14)27-19(31)16-9-25-18(30-11-22(23,24)12-30)20(26-16)32-10-15-5-6-15/h7,9,14-15H,3-6,8,10-12H2,1-2H3,(H,27,31)(H,28,29). The van der Waals surface area contributed by atoms with Gasteiger partial charge in [0.15, 0.2) is 11.5 Å². The molecule has 3 fully saturated rings. The number of carbonyl (C=O) groups is 1. The minimum Gasteiger partial charge on any atom is -0.475 e. The van der Waals surface area contributed by atoms with Crippen LogP contribution in [0.1, 0.15) is 60.9 Å². The molecule has 32 heavy (non-hydrogen) atoms. The maximum Gasteiger partial charge on any atom is 0.282 e. The number of aromatic nitrogens is 4. The molecule has 0 radical (unpaired) electrons. The van der Waals surface area contributed by atoms with Crippen molar-refractivity contribution in [3.05, 3.63) is 29.3 Å². The minimum absolute atomic E-state index is 0.0983. The Bertz CT molecular complexity index is 1010. The highest BCUT2D eigenvalue weighted by atomic mass is 19.3. The molecule has 1 atom stereocenters. The first-order valence-electron chi connectivity index (χ1n) is 11.2. The van der Waals surface area contributed by atoms with Gasteiger partial charge in [0.2, 0.25) is 0 Å². The van der Waals surface area contributed by atoms with E-state index >= 15 is 0 Å². The van der Waals surface area contributed by atoms with Gasteiger partial charge in [-0.25, -0.2) is 18.7 Å². The molecular weight excluding hydrogens is 418 g/mol. The summed E-state index contributed by atoms with van der Waals surface area (Å²) in [6.45, 7) is 3.48. The molecular formula is C22H28F2N6O2. The molecule has 1 saturated heterocycles. The molecule has 172 valence electrons. The van der Waals surface area contributed by atoms with Crippen LogP contribution in [0.5, 0.6) is 5.88 Å². The van der Waals surface area contributed by atoms with E-state index < -0.39 is 30.5 Å². The first kappa shape index (κ1) is 21.1.